The zero-order valence-electron chi connectivity index (χ0n) is 18.0. The lowest BCUT2D eigenvalue weighted by molar-refractivity contribution is -0.116. The van der Waals surface area contributed by atoms with Gasteiger partial charge in [-0.1, -0.05) is 0 Å². The number of ether oxygens (including phenoxy) is 1. The molecule has 0 atom stereocenters. The molecule has 31 heavy (non-hydrogen) atoms. The van der Waals surface area contributed by atoms with E-state index in [1.54, 1.807) is 37.1 Å². The number of nitrogens with zero attached hydrogens (tertiary/aromatic N) is 2. The molecule has 0 bridgehead atoms. The topological polar surface area (TPSA) is 79.0 Å². The van der Waals surface area contributed by atoms with Crippen LogP contribution in [0.4, 0.5) is 11.4 Å². The SMILES string of the molecule is COc1ccc(N2CCC(NS(=O)(=O)c3ccc4c(c3)CCCN4C(C)=O)CC2)cc1. The van der Waals surface area contributed by atoms with Crippen LogP contribution in [-0.4, -0.2) is 47.1 Å². The minimum absolute atomic E-state index is 0.0155. The van der Waals surface area contributed by atoms with Crippen molar-refractivity contribution >= 4 is 27.3 Å². The molecule has 2 heterocycles. The van der Waals surface area contributed by atoms with E-state index in [0.717, 1.165) is 61.5 Å². The molecule has 0 aromatic heterocycles. The number of piperidine rings is 1. The van der Waals surface area contributed by atoms with E-state index in [1.807, 2.05) is 24.3 Å². The van der Waals surface area contributed by atoms with Crippen molar-refractivity contribution < 1.29 is 17.9 Å². The van der Waals surface area contributed by atoms with Gasteiger partial charge in [-0.15, -0.1) is 0 Å². The summed E-state index contributed by atoms with van der Waals surface area (Å²) in [5.41, 5.74) is 2.86. The summed E-state index contributed by atoms with van der Waals surface area (Å²) in [5.74, 6) is 0.807. The minimum atomic E-state index is -3.61. The normalized spacial score (nSPS) is 17.4. The number of sulfonamides is 1. The first kappa shape index (κ1) is 21.6. The molecule has 2 aliphatic heterocycles. The van der Waals surface area contributed by atoms with Gasteiger partial charge in [0.05, 0.1) is 12.0 Å². The second kappa shape index (κ2) is 8.88. The Morgan fingerprint density at radius 3 is 2.42 bits per heavy atom. The van der Waals surface area contributed by atoms with E-state index in [-0.39, 0.29) is 16.8 Å². The van der Waals surface area contributed by atoms with Crippen LogP contribution in [0.25, 0.3) is 0 Å². The number of hydrogen-bond donors (Lipinski definition) is 1. The smallest absolute Gasteiger partial charge is 0.240 e. The van der Waals surface area contributed by atoms with Gasteiger partial charge in [-0.2, -0.15) is 0 Å². The summed E-state index contributed by atoms with van der Waals surface area (Å²) < 4.78 is 34.1. The van der Waals surface area contributed by atoms with Crippen LogP contribution >= 0.6 is 0 Å². The van der Waals surface area contributed by atoms with Crippen molar-refractivity contribution in [2.75, 3.05) is 36.5 Å². The number of fused-ring (bicyclic) bond motifs is 1. The largest absolute Gasteiger partial charge is 0.497 e. The highest BCUT2D eigenvalue weighted by Gasteiger charge is 2.27. The molecule has 0 saturated carbocycles. The van der Waals surface area contributed by atoms with Crippen LogP contribution < -0.4 is 19.3 Å². The molecular formula is C23H29N3O4S. The van der Waals surface area contributed by atoms with Crippen LogP contribution in [0.15, 0.2) is 47.4 Å². The van der Waals surface area contributed by atoms with Gasteiger partial charge in [0.1, 0.15) is 5.75 Å². The van der Waals surface area contributed by atoms with Gasteiger partial charge in [0.25, 0.3) is 0 Å². The number of methoxy groups -OCH3 is 1. The fourth-order valence-electron chi connectivity index (χ4n) is 4.40. The summed E-state index contributed by atoms with van der Waals surface area (Å²) >= 11 is 0. The molecule has 0 unspecified atom stereocenters. The van der Waals surface area contributed by atoms with Crippen LogP contribution in [0.5, 0.6) is 5.75 Å². The number of nitrogens with one attached hydrogen (secondary N) is 1. The summed E-state index contributed by atoms with van der Waals surface area (Å²) in [7, 11) is -1.96. The van der Waals surface area contributed by atoms with Crippen molar-refractivity contribution in [1.82, 2.24) is 4.72 Å². The molecule has 2 aromatic carbocycles. The van der Waals surface area contributed by atoms with Crippen LogP contribution in [-0.2, 0) is 21.2 Å². The van der Waals surface area contributed by atoms with Gasteiger partial charge in [-0.3, -0.25) is 4.79 Å². The minimum Gasteiger partial charge on any atom is -0.497 e. The Labute approximate surface area is 184 Å². The lowest BCUT2D eigenvalue weighted by Crippen LogP contribution is -2.44. The number of amides is 1. The Hall–Kier alpha value is -2.58. The number of carbonyl (C=O) groups is 1. The molecular weight excluding hydrogens is 414 g/mol. The molecule has 1 saturated heterocycles. The quantitative estimate of drug-likeness (QED) is 0.769. The number of carbonyl (C=O) groups excluding carboxylic acids is 1. The number of hydrogen-bond acceptors (Lipinski definition) is 5. The van der Waals surface area contributed by atoms with E-state index in [1.165, 1.54) is 0 Å². The number of anilines is 2. The van der Waals surface area contributed by atoms with Crippen LogP contribution in [0.1, 0.15) is 31.7 Å². The molecule has 1 fully saturated rings. The van der Waals surface area contributed by atoms with Crippen LogP contribution in [0.3, 0.4) is 0 Å². The first-order valence-electron chi connectivity index (χ1n) is 10.7. The molecule has 7 nitrogen and oxygen atoms in total. The fraction of sp³-hybridized carbons (Fsp3) is 0.435. The van der Waals surface area contributed by atoms with E-state index in [2.05, 4.69) is 9.62 Å². The number of rotatable bonds is 5. The first-order chi connectivity index (χ1) is 14.9. The maximum absolute atomic E-state index is 13.0. The van der Waals surface area contributed by atoms with Crippen molar-refractivity contribution in [2.45, 2.75) is 43.5 Å². The maximum Gasteiger partial charge on any atom is 0.240 e. The van der Waals surface area contributed by atoms with E-state index >= 15 is 0 Å². The second-order valence-electron chi connectivity index (χ2n) is 8.15. The molecule has 166 valence electrons. The Morgan fingerprint density at radius 2 is 1.77 bits per heavy atom. The van der Waals surface area contributed by atoms with Crippen LogP contribution in [0, 0.1) is 0 Å². The zero-order chi connectivity index (χ0) is 22.0. The average Bonchev–Trinajstić information content (AvgIpc) is 2.78. The third-order valence-electron chi connectivity index (χ3n) is 6.11. The predicted molar refractivity (Wildman–Crippen MR) is 121 cm³/mol. The number of aryl methyl sites for hydroxylation is 1. The molecule has 4 rings (SSSR count). The lowest BCUT2D eigenvalue weighted by Gasteiger charge is -2.34. The lowest BCUT2D eigenvalue weighted by atomic mass is 10.0. The van der Waals surface area contributed by atoms with Crippen molar-refractivity contribution in [3.05, 3.63) is 48.0 Å². The van der Waals surface area contributed by atoms with E-state index in [9.17, 15) is 13.2 Å². The standard InChI is InChI=1S/C23H29N3O4S/c1-17(27)26-13-3-4-18-16-22(9-10-23(18)26)31(28,29)24-19-11-14-25(15-12-19)20-5-7-21(30-2)8-6-20/h5-10,16,19,24H,3-4,11-15H2,1-2H3. The Kier molecular flexibility index (Phi) is 6.20. The van der Waals surface area contributed by atoms with Gasteiger partial charge < -0.3 is 14.5 Å². The van der Waals surface area contributed by atoms with Gasteiger partial charge in [-0.25, -0.2) is 13.1 Å². The summed E-state index contributed by atoms with van der Waals surface area (Å²) in [4.78, 5) is 16.1. The van der Waals surface area contributed by atoms with E-state index in [0.29, 0.717) is 6.54 Å². The Morgan fingerprint density at radius 1 is 1.06 bits per heavy atom. The second-order valence-corrected chi connectivity index (χ2v) is 9.86. The van der Waals surface area contributed by atoms with Gasteiger partial charge in [0.2, 0.25) is 15.9 Å². The van der Waals surface area contributed by atoms with Gasteiger partial charge in [0.15, 0.2) is 0 Å². The third-order valence-corrected chi connectivity index (χ3v) is 7.63. The Balaban J connectivity index is 1.41. The van der Waals surface area contributed by atoms with Crippen molar-refractivity contribution in [3.8, 4) is 5.75 Å². The monoisotopic (exact) mass is 443 g/mol. The van der Waals surface area contributed by atoms with Gasteiger partial charge in [0, 0.05) is 44.0 Å². The van der Waals surface area contributed by atoms with Gasteiger partial charge >= 0.3 is 0 Å². The highest BCUT2D eigenvalue weighted by Crippen LogP contribution is 2.30. The molecule has 1 N–H and O–H groups in total. The maximum atomic E-state index is 13.0. The molecule has 8 heteroatoms. The average molecular weight is 444 g/mol. The third kappa shape index (κ3) is 4.70. The van der Waals surface area contributed by atoms with E-state index < -0.39 is 10.0 Å². The molecule has 2 aromatic rings. The van der Waals surface area contributed by atoms with E-state index in [4.69, 9.17) is 4.74 Å². The van der Waals surface area contributed by atoms with Crippen LogP contribution in [0.2, 0.25) is 0 Å². The number of benzene rings is 2. The molecule has 0 spiro atoms. The van der Waals surface area contributed by atoms with Crippen molar-refractivity contribution in [2.24, 2.45) is 0 Å². The summed E-state index contributed by atoms with van der Waals surface area (Å²) in [6, 6.07) is 12.9. The first-order valence-corrected chi connectivity index (χ1v) is 12.2. The van der Waals surface area contributed by atoms with Crippen molar-refractivity contribution in [3.63, 3.8) is 0 Å². The Bertz CT molecular complexity index is 1040. The molecule has 2 aliphatic rings. The highest BCUT2D eigenvalue weighted by atomic mass is 32.2. The highest BCUT2D eigenvalue weighted by molar-refractivity contribution is 7.89. The van der Waals surface area contributed by atoms with Gasteiger partial charge in [-0.05, 0) is 73.7 Å². The summed E-state index contributed by atoms with van der Waals surface area (Å²) in [6.45, 7) is 3.80. The van der Waals surface area contributed by atoms with Crippen molar-refractivity contribution in [1.29, 1.82) is 0 Å². The zero-order valence-corrected chi connectivity index (χ0v) is 18.8. The predicted octanol–water partition coefficient (Wildman–Crippen LogP) is 2.94. The molecule has 1 amide bonds. The molecule has 0 radical (unpaired) electrons. The fourth-order valence-corrected chi connectivity index (χ4v) is 5.76. The summed E-state index contributed by atoms with van der Waals surface area (Å²) in [5, 5.41) is 0. The summed E-state index contributed by atoms with van der Waals surface area (Å²) in [6.07, 6.45) is 3.11. The molecule has 0 aliphatic carbocycles.